The van der Waals surface area contributed by atoms with Crippen LogP contribution < -0.4 is 10.6 Å². The minimum atomic E-state index is -0.437. The van der Waals surface area contributed by atoms with Crippen molar-refractivity contribution >= 4 is 11.6 Å². The number of nitrogens with one attached hydrogen (secondary N) is 3. The molecule has 2 atom stereocenters. The van der Waals surface area contributed by atoms with Gasteiger partial charge >= 0.3 is 0 Å². The maximum atomic E-state index is 12.0. The van der Waals surface area contributed by atoms with Crippen LogP contribution >= 0.6 is 0 Å². The number of aliphatic hydroxyl groups excluding tert-OH is 1. The largest absolute Gasteiger partial charge is 0.392 e. The number of nitrogens with zero attached hydrogens (tertiary/aromatic N) is 1. The molecule has 0 saturated carbocycles. The summed E-state index contributed by atoms with van der Waals surface area (Å²) in [6, 6.07) is 7.20. The molecule has 4 N–H and O–H groups in total. The van der Waals surface area contributed by atoms with Crippen LogP contribution in [-0.4, -0.2) is 39.7 Å². The van der Waals surface area contributed by atoms with E-state index >= 15 is 0 Å². The maximum Gasteiger partial charge on any atom is 0.241 e. The van der Waals surface area contributed by atoms with Gasteiger partial charge < -0.3 is 20.7 Å². The summed E-state index contributed by atoms with van der Waals surface area (Å²) in [5.74, 6) is -0.115. The van der Waals surface area contributed by atoms with Crippen molar-refractivity contribution in [2.24, 2.45) is 0 Å². The molecule has 1 saturated heterocycles. The second kappa shape index (κ2) is 5.44. The molecule has 1 aromatic heterocycles. The lowest BCUT2D eigenvalue weighted by atomic mass is 10.1. The molecule has 1 aromatic carbocycles. The molecule has 104 valence electrons. The lowest BCUT2D eigenvalue weighted by Crippen LogP contribution is -2.35. The van der Waals surface area contributed by atoms with Crippen LogP contribution in [0.1, 0.15) is 6.42 Å². The number of H-pyrrole nitrogens is 1. The first kappa shape index (κ1) is 12.8. The average molecular weight is 272 g/mol. The second-order valence-corrected chi connectivity index (χ2v) is 4.88. The molecular weight excluding hydrogens is 256 g/mol. The van der Waals surface area contributed by atoms with Crippen molar-refractivity contribution in [3.05, 3.63) is 36.8 Å². The molecular formula is C14H16N4O2. The zero-order chi connectivity index (χ0) is 13.9. The van der Waals surface area contributed by atoms with Crippen molar-refractivity contribution in [2.45, 2.75) is 18.6 Å². The Hall–Kier alpha value is -2.18. The van der Waals surface area contributed by atoms with Gasteiger partial charge in [0.15, 0.2) is 0 Å². The Morgan fingerprint density at radius 3 is 2.75 bits per heavy atom. The third-order valence-electron chi connectivity index (χ3n) is 3.39. The molecule has 2 aromatic rings. The third-order valence-corrected chi connectivity index (χ3v) is 3.39. The van der Waals surface area contributed by atoms with Crippen LogP contribution in [0.15, 0.2) is 36.8 Å². The van der Waals surface area contributed by atoms with Crippen molar-refractivity contribution in [3.63, 3.8) is 0 Å². The van der Waals surface area contributed by atoms with E-state index in [9.17, 15) is 9.90 Å². The Kier molecular flexibility index (Phi) is 3.49. The first-order valence-corrected chi connectivity index (χ1v) is 6.53. The van der Waals surface area contributed by atoms with Gasteiger partial charge in [-0.1, -0.05) is 12.1 Å². The summed E-state index contributed by atoms with van der Waals surface area (Å²) in [5.41, 5.74) is 2.68. The number of carbonyl (C=O) groups excluding carboxylic acids is 1. The summed E-state index contributed by atoms with van der Waals surface area (Å²) >= 11 is 0. The standard InChI is InChI=1S/C14H16N4O2/c19-11-5-12(16-6-11)14(20)18-10-3-1-9(2-4-10)13-7-15-8-17-13/h1-4,7-8,11-12,16,19H,5-6H2,(H,15,17)(H,18,20). The zero-order valence-corrected chi connectivity index (χ0v) is 10.8. The van der Waals surface area contributed by atoms with E-state index in [1.54, 1.807) is 12.5 Å². The van der Waals surface area contributed by atoms with E-state index in [4.69, 9.17) is 0 Å². The lowest BCUT2D eigenvalue weighted by molar-refractivity contribution is -0.117. The van der Waals surface area contributed by atoms with Crippen molar-refractivity contribution in [1.82, 2.24) is 15.3 Å². The molecule has 3 rings (SSSR count). The van der Waals surface area contributed by atoms with Crippen LogP contribution in [0.4, 0.5) is 5.69 Å². The van der Waals surface area contributed by atoms with Gasteiger partial charge in [0.05, 0.1) is 30.4 Å². The molecule has 0 aliphatic carbocycles. The minimum absolute atomic E-state index is 0.115. The average Bonchev–Trinajstić information content (AvgIpc) is 3.10. The first-order valence-electron chi connectivity index (χ1n) is 6.53. The highest BCUT2D eigenvalue weighted by molar-refractivity contribution is 5.95. The van der Waals surface area contributed by atoms with Gasteiger partial charge in [0.25, 0.3) is 0 Å². The van der Waals surface area contributed by atoms with Crippen molar-refractivity contribution < 1.29 is 9.90 Å². The summed E-state index contributed by atoms with van der Waals surface area (Å²) < 4.78 is 0. The maximum absolute atomic E-state index is 12.0. The highest BCUT2D eigenvalue weighted by atomic mass is 16.3. The van der Waals surface area contributed by atoms with Crippen LogP contribution in [0.2, 0.25) is 0 Å². The van der Waals surface area contributed by atoms with Gasteiger partial charge in [-0.2, -0.15) is 0 Å². The summed E-state index contributed by atoms with van der Waals surface area (Å²) in [5, 5.41) is 15.2. The fourth-order valence-corrected chi connectivity index (χ4v) is 2.29. The molecule has 2 heterocycles. The molecule has 0 spiro atoms. The van der Waals surface area contributed by atoms with Crippen molar-refractivity contribution in [2.75, 3.05) is 11.9 Å². The van der Waals surface area contributed by atoms with Gasteiger partial charge in [-0.15, -0.1) is 0 Å². The zero-order valence-electron chi connectivity index (χ0n) is 10.8. The van der Waals surface area contributed by atoms with E-state index in [2.05, 4.69) is 20.6 Å². The predicted octanol–water partition coefficient (Wildman–Crippen LogP) is 0.738. The van der Waals surface area contributed by atoms with Gasteiger partial charge in [-0.3, -0.25) is 4.79 Å². The first-order chi connectivity index (χ1) is 9.72. The topological polar surface area (TPSA) is 90.0 Å². The van der Waals surface area contributed by atoms with Gasteiger partial charge in [0, 0.05) is 12.2 Å². The molecule has 0 radical (unpaired) electrons. The molecule has 20 heavy (non-hydrogen) atoms. The number of aromatic nitrogens is 2. The van der Waals surface area contributed by atoms with Crippen LogP contribution in [0.25, 0.3) is 11.3 Å². The van der Waals surface area contributed by atoms with Crippen LogP contribution in [0, 0.1) is 0 Å². The summed E-state index contributed by atoms with van der Waals surface area (Å²) in [7, 11) is 0. The van der Waals surface area contributed by atoms with E-state index in [1.165, 1.54) is 0 Å². The van der Waals surface area contributed by atoms with Crippen LogP contribution in [-0.2, 0) is 4.79 Å². The smallest absolute Gasteiger partial charge is 0.241 e. The number of rotatable bonds is 3. The Morgan fingerprint density at radius 1 is 1.35 bits per heavy atom. The van der Waals surface area contributed by atoms with E-state index in [-0.39, 0.29) is 11.9 Å². The van der Waals surface area contributed by atoms with E-state index in [1.807, 2.05) is 24.3 Å². The quantitative estimate of drug-likeness (QED) is 0.663. The SMILES string of the molecule is O=C(Nc1ccc(-c2cnc[nH]2)cc1)C1CC(O)CN1. The van der Waals surface area contributed by atoms with Gasteiger partial charge in [-0.25, -0.2) is 4.98 Å². The summed E-state index contributed by atoms with van der Waals surface area (Å²) in [4.78, 5) is 19.0. The molecule has 6 nitrogen and oxygen atoms in total. The molecule has 6 heteroatoms. The lowest BCUT2D eigenvalue weighted by Gasteiger charge is -2.11. The summed E-state index contributed by atoms with van der Waals surface area (Å²) in [6.07, 6.45) is 3.39. The Morgan fingerprint density at radius 2 is 2.15 bits per heavy atom. The van der Waals surface area contributed by atoms with Gasteiger partial charge in [0.2, 0.25) is 5.91 Å². The Labute approximate surface area is 116 Å². The number of imidazole rings is 1. The normalized spacial score (nSPS) is 21.9. The number of benzene rings is 1. The molecule has 0 bridgehead atoms. The number of aromatic amines is 1. The Balaban J connectivity index is 1.65. The second-order valence-electron chi connectivity index (χ2n) is 4.88. The number of carbonyl (C=O) groups is 1. The third kappa shape index (κ3) is 2.71. The Bertz CT molecular complexity index is 580. The van der Waals surface area contributed by atoms with E-state index in [0.717, 1.165) is 16.9 Å². The minimum Gasteiger partial charge on any atom is -0.392 e. The highest BCUT2D eigenvalue weighted by Gasteiger charge is 2.27. The number of hydrogen-bond donors (Lipinski definition) is 4. The molecule has 1 fully saturated rings. The highest BCUT2D eigenvalue weighted by Crippen LogP contribution is 2.19. The number of aliphatic hydroxyl groups is 1. The number of hydrogen-bond acceptors (Lipinski definition) is 4. The number of β-amino-alcohol motifs (C(OH)–C–C–N with tert-alkyl or cyclic N) is 1. The van der Waals surface area contributed by atoms with E-state index < -0.39 is 6.10 Å². The monoisotopic (exact) mass is 272 g/mol. The van der Waals surface area contributed by atoms with E-state index in [0.29, 0.717) is 13.0 Å². The molecule has 1 aliphatic rings. The fourth-order valence-electron chi connectivity index (χ4n) is 2.29. The van der Waals surface area contributed by atoms with Crippen molar-refractivity contribution in [1.29, 1.82) is 0 Å². The number of anilines is 1. The molecule has 1 amide bonds. The number of amides is 1. The van der Waals surface area contributed by atoms with Crippen LogP contribution in [0.5, 0.6) is 0 Å². The molecule has 2 unspecified atom stereocenters. The summed E-state index contributed by atoms with van der Waals surface area (Å²) in [6.45, 7) is 0.469. The molecule has 1 aliphatic heterocycles. The van der Waals surface area contributed by atoms with Crippen molar-refractivity contribution in [3.8, 4) is 11.3 Å². The van der Waals surface area contributed by atoms with Gasteiger partial charge in [0.1, 0.15) is 0 Å². The predicted molar refractivity (Wildman–Crippen MR) is 75.1 cm³/mol. The van der Waals surface area contributed by atoms with Crippen LogP contribution in [0.3, 0.4) is 0 Å². The fraction of sp³-hybridized carbons (Fsp3) is 0.286. The van der Waals surface area contributed by atoms with Gasteiger partial charge in [-0.05, 0) is 24.1 Å².